The van der Waals surface area contributed by atoms with Gasteiger partial charge in [0.05, 0.1) is 12.1 Å². The SMILES string of the molecule is COc1ccccc1CC(N)c1ccc(I)c(Cl)c1. The molecule has 4 heteroatoms. The molecule has 19 heavy (non-hydrogen) atoms. The second kappa shape index (κ2) is 6.59. The zero-order valence-electron chi connectivity index (χ0n) is 10.6. The number of hydrogen-bond acceptors (Lipinski definition) is 2. The molecule has 0 aromatic heterocycles. The molecule has 0 aliphatic heterocycles. The van der Waals surface area contributed by atoms with Gasteiger partial charge in [-0.25, -0.2) is 0 Å². The second-order valence-electron chi connectivity index (χ2n) is 4.30. The van der Waals surface area contributed by atoms with Gasteiger partial charge in [-0.2, -0.15) is 0 Å². The summed E-state index contributed by atoms with van der Waals surface area (Å²) in [4.78, 5) is 0. The maximum Gasteiger partial charge on any atom is 0.122 e. The number of halogens is 2. The van der Waals surface area contributed by atoms with E-state index in [2.05, 4.69) is 22.6 Å². The Hall–Kier alpha value is -0.780. The Kier molecular flexibility index (Phi) is 5.07. The molecular weight excluding hydrogens is 373 g/mol. The van der Waals surface area contributed by atoms with Gasteiger partial charge in [0.1, 0.15) is 5.75 Å². The number of ether oxygens (including phenoxy) is 1. The van der Waals surface area contributed by atoms with Crippen LogP contribution in [0.1, 0.15) is 17.2 Å². The van der Waals surface area contributed by atoms with Crippen molar-refractivity contribution in [2.75, 3.05) is 7.11 Å². The van der Waals surface area contributed by atoms with Crippen molar-refractivity contribution in [2.24, 2.45) is 5.73 Å². The number of para-hydroxylation sites is 1. The largest absolute Gasteiger partial charge is 0.496 e. The van der Waals surface area contributed by atoms with E-state index in [1.165, 1.54) is 0 Å². The summed E-state index contributed by atoms with van der Waals surface area (Å²) in [5.74, 6) is 0.870. The molecule has 0 aliphatic carbocycles. The average molecular weight is 388 g/mol. The van der Waals surface area contributed by atoms with Gasteiger partial charge in [-0.15, -0.1) is 0 Å². The van der Waals surface area contributed by atoms with Gasteiger partial charge in [-0.1, -0.05) is 35.9 Å². The van der Waals surface area contributed by atoms with Crippen molar-refractivity contribution in [2.45, 2.75) is 12.5 Å². The summed E-state index contributed by atoms with van der Waals surface area (Å²) >= 11 is 8.34. The first-order chi connectivity index (χ1) is 9.11. The minimum Gasteiger partial charge on any atom is -0.496 e. The van der Waals surface area contributed by atoms with E-state index in [9.17, 15) is 0 Å². The van der Waals surface area contributed by atoms with Crippen LogP contribution in [0, 0.1) is 3.57 Å². The Bertz CT molecular complexity index is 574. The van der Waals surface area contributed by atoms with Crippen LogP contribution in [0.5, 0.6) is 5.75 Å². The molecule has 0 saturated heterocycles. The number of benzene rings is 2. The van der Waals surface area contributed by atoms with Gasteiger partial charge in [0.15, 0.2) is 0 Å². The van der Waals surface area contributed by atoms with Gasteiger partial charge in [0.2, 0.25) is 0 Å². The van der Waals surface area contributed by atoms with Crippen LogP contribution in [-0.2, 0) is 6.42 Å². The lowest BCUT2D eigenvalue weighted by Gasteiger charge is -2.15. The molecule has 1 unspecified atom stereocenters. The fraction of sp³-hybridized carbons (Fsp3) is 0.200. The number of methoxy groups -OCH3 is 1. The molecule has 0 amide bonds. The highest BCUT2D eigenvalue weighted by molar-refractivity contribution is 14.1. The smallest absolute Gasteiger partial charge is 0.122 e. The van der Waals surface area contributed by atoms with E-state index in [1.54, 1.807) is 7.11 Å². The van der Waals surface area contributed by atoms with E-state index in [1.807, 2.05) is 42.5 Å². The Labute approximate surface area is 132 Å². The van der Waals surface area contributed by atoms with Crippen LogP contribution in [0.25, 0.3) is 0 Å². The summed E-state index contributed by atoms with van der Waals surface area (Å²) in [6.07, 6.45) is 0.723. The summed E-state index contributed by atoms with van der Waals surface area (Å²) < 4.78 is 6.38. The lowest BCUT2D eigenvalue weighted by Crippen LogP contribution is -2.14. The predicted octanol–water partition coefficient (Wildman–Crippen LogP) is 4.20. The topological polar surface area (TPSA) is 35.2 Å². The highest BCUT2D eigenvalue weighted by Gasteiger charge is 2.11. The van der Waals surface area contributed by atoms with Gasteiger partial charge in [-0.05, 0) is 58.3 Å². The summed E-state index contributed by atoms with van der Waals surface area (Å²) in [5.41, 5.74) is 8.40. The standard InChI is InChI=1S/C15H15ClINO/c1-19-15-5-3-2-4-11(15)9-14(18)10-6-7-13(17)12(16)8-10/h2-8,14H,9,18H2,1H3. The Balaban J connectivity index is 2.20. The maximum atomic E-state index is 6.25. The zero-order valence-corrected chi connectivity index (χ0v) is 13.5. The summed E-state index contributed by atoms with van der Waals surface area (Å²) in [7, 11) is 1.67. The van der Waals surface area contributed by atoms with E-state index in [0.717, 1.165) is 31.9 Å². The Morgan fingerprint density at radius 1 is 1.26 bits per heavy atom. The van der Waals surface area contributed by atoms with Crippen molar-refractivity contribution >= 4 is 34.2 Å². The minimum atomic E-state index is -0.0919. The molecule has 2 nitrogen and oxygen atoms in total. The summed E-state index contributed by atoms with van der Waals surface area (Å²) in [5, 5.41) is 0.744. The first kappa shape index (κ1) is 14.6. The molecule has 100 valence electrons. The van der Waals surface area contributed by atoms with E-state index < -0.39 is 0 Å². The van der Waals surface area contributed by atoms with Crippen molar-refractivity contribution in [1.82, 2.24) is 0 Å². The third-order valence-electron chi connectivity index (χ3n) is 3.00. The number of hydrogen-bond donors (Lipinski definition) is 1. The second-order valence-corrected chi connectivity index (χ2v) is 5.87. The Morgan fingerprint density at radius 2 is 2.00 bits per heavy atom. The molecule has 0 saturated carbocycles. The molecule has 2 rings (SSSR count). The average Bonchev–Trinajstić information content (AvgIpc) is 2.42. The first-order valence-electron chi connectivity index (χ1n) is 5.94. The van der Waals surface area contributed by atoms with Crippen LogP contribution < -0.4 is 10.5 Å². The molecule has 0 heterocycles. The molecule has 0 aliphatic rings. The van der Waals surface area contributed by atoms with Crippen LogP contribution in [-0.4, -0.2) is 7.11 Å². The lowest BCUT2D eigenvalue weighted by molar-refractivity contribution is 0.408. The van der Waals surface area contributed by atoms with Gasteiger partial charge in [-0.3, -0.25) is 0 Å². The molecule has 2 aromatic carbocycles. The fourth-order valence-corrected chi connectivity index (χ4v) is 2.49. The molecule has 0 spiro atoms. The summed E-state index contributed by atoms with van der Waals surface area (Å²) in [6, 6.07) is 13.8. The molecule has 0 fully saturated rings. The summed E-state index contributed by atoms with van der Waals surface area (Å²) in [6.45, 7) is 0. The van der Waals surface area contributed by atoms with Gasteiger partial charge >= 0.3 is 0 Å². The fourth-order valence-electron chi connectivity index (χ4n) is 1.97. The third-order valence-corrected chi connectivity index (χ3v) is 4.58. The highest BCUT2D eigenvalue weighted by Crippen LogP contribution is 2.26. The highest BCUT2D eigenvalue weighted by atomic mass is 127. The quantitative estimate of drug-likeness (QED) is 0.798. The normalized spacial score (nSPS) is 12.2. The molecule has 2 N–H and O–H groups in total. The van der Waals surface area contributed by atoms with Crippen LogP contribution in [0.2, 0.25) is 5.02 Å². The Morgan fingerprint density at radius 3 is 2.68 bits per heavy atom. The van der Waals surface area contributed by atoms with E-state index in [-0.39, 0.29) is 6.04 Å². The van der Waals surface area contributed by atoms with Crippen molar-refractivity contribution < 1.29 is 4.74 Å². The third kappa shape index (κ3) is 3.61. The molecule has 1 atom stereocenters. The van der Waals surface area contributed by atoms with E-state index in [4.69, 9.17) is 22.1 Å². The molecule has 2 aromatic rings. The van der Waals surface area contributed by atoms with Gasteiger partial charge in [0, 0.05) is 9.61 Å². The minimum absolute atomic E-state index is 0.0919. The monoisotopic (exact) mass is 387 g/mol. The van der Waals surface area contributed by atoms with Crippen LogP contribution in [0.15, 0.2) is 42.5 Å². The van der Waals surface area contributed by atoms with Crippen LogP contribution in [0.4, 0.5) is 0 Å². The van der Waals surface area contributed by atoms with E-state index >= 15 is 0 Å². The lowest BCUT2D eigenvalue weighted by atomic mass is 9.99. The van der Waals surface area contributed by atoms with Gasteiger partial charge < -0.3 is 10.5 Å². The van der Waals surface area contributed by atoms with Crippen molar-refractivity contribution in [3.63, 3.8) is 0 Å². The van der Waals surface area contributed by atoms with Gasteiger partial charge in [0.25, 0.3) is 0 Å². The van der Waals surface area contributed by atoms with E-state index in [0.29, 0.717) is 0 Å². The zero-order chi connectivity index (χ0) is 13.8. The first-order valence-corrected chi connectivity index (χ1v) is 7.40. The predicted molar refractivity (Wildman–Crippen MR) is 87.8 cm³/mol. The maximum absolute atomic E-state index is 6.25. The van der Waals surface area contributed by atoms with Crippen LogP contribution in [0.3, 0.4) is 0 Å². The van der Waals surface area contributed by atoms with Crippen molar-refractivity contribution in [1.29, 1.82) is 0 Å². The molecule has 0 radical (unpaired) electrons. The van der Waals surface area contributed by atoms with Crippen LogP contribution >= 0.6 is 34.2 Å². The number of rotatable bonds is 4. The molecule has 0 bridgehead atoms. The van der Waals surface area contributed by atoms with Crippen molar-refractivity contribution in [3.8, 4) is 5.75 Å². The number of nitrogens with two attached hydrogens (primary N) is 1. The van der Waals surface area contributed by atoms with Crippen molar-refractivity contribution in [3.05, 3.63) is 62.2 Å². The molecular formula is C15H15ClINO.